The Kier molecular flexibility index (Phi) is 6.73. The van der Waals surface area contributed by atoms with Crippen LogP contribution in [-0.2, 0) is 17.9 Å². The van der Waals surface area contributed by atoms with Gasteiger partial charge in [-0.15, -0.1) is 0 Å². The molecule has 1 saturated carbocycles. The molecule has 9 nitrogen and oxygen atoms in total. The molecule has 11 heteroatoms. The number of aromatic nitrogens is 3. The van der Waals surface area contributed by atoms with Crippen molar-refractivity contribution in [3.05, 3.63) is 82.7 Å². The maximum absolute atomic E-state index is 14.9. The average molecular weight is 586 g/mol. The highest BCUT2D eigenvalue weighted by atomic mass is 19.1. The van der Waals surface area contributed by atoms with Crippen molar-refractivity contribution in [3.63, 3.8) is 0 Å². The molecule has 2 aromatic carbocycles. The number of imidazole rings is 1. The number of nitrogens with zero attached hydrogens (tertiary/aromatic N) is 5. The summed E-state index contributed by atoms with van der Waals surface area (Å²) in [6.45, 7) is 2.51. The molecule has 1 aliphatic carbocycles. The van der Waals surface area contributed by atoms with Gasteiger partial charge < -0.3 is 24.0 Å². The molecule has 1 N–H and O–H groups in total. The third-order valence-corrected chi connectivity index (χ3v) is 9.12. The Morgan fingerprint density at radius 3 is 2.63 bits per heavy atom. The third kappa shape index (κ3) is 5.06. The summed E-state index contributed by atoms with van der Waals surface area (Å²) < 4.78 is 42.7. The maximum atomic E-state index is 14.9. The van der Waals surface area contributed by atoms with Gasteiger partial charge >= 0.3 is 5.97 Å². The summed E-state index contributed by atoms with van der Waals surface area (Å²) in [5, 5.41) is 18.5. The van der Waals surface area contributed by atoms with Crippen molar-refractivity contribution >= 4 is 22.8 Å². The van der Waals surface area contributed by atoms with Crippen molar-refractivity contribution in [1.82, 2.24) is 14.5 Å². The number of aromatic carboxylic acids is 1. The van der Waals surface area contributed by atoms with E-state index in [2.05, 4.69) is 9.55 Å². The van der Waals surface area contributed by atoms with E-state index in [0.29, 0.717) is 19.6 Å². The number of fused-ring (bicyclic) bond motifs is 1. The van der Waals surface area contributed by atoms with Gasteiger partial charge in [-0.1, -0.05) is 6.07 Å². The molecule has 43 heavy (non-hydrogen) atoms. The molecule has 4 heterocycles. The number of hydrogen-bond donors (Lipinski definition) is 1. The first kappa shape index (κ1) is 27.3. The lowest BCUT2D eigenvalue weighted by Crippen LogP contribution is -2.36. The summed E-state index contributed by atoms with van der Waals surface area (Å²) in [6.07, 6.45) is 3.70. The van der Waals surface area contributed by atoms with Crippen LogP contribution in [0.1, 0.15) is 58.9 Å². The lowest BCUT2D eigenvalue weighted by molar-refractivity contribution is -0.0590. The molecule has 0 radical (unpaired) electrons. The fourth-order valence-electron chi connectivity index (χ4n) is 6.40. The summed E-state index contributed by atoms with van der Waals surface area (Å²) in [4.78, 5) is 23.0. The van der Waals surface area contributed by atoms with Crippen LogP contribution in [0.5, 0.6) is 5.88 Å². The molecule has 0 unspecified atom stereocenters. The highest BCUT2D eigenvalue weighted by Crippen LogP contribution is 2.65. The Labute approximate surface area is 246 Å². The number of pyridine rings is 1. The van der Waals surface area contributed by atoms with Gasteiger partial charge in [0.25, 0.3) is 0 Å². The van der Waals surface area contributed by atoms with Crippen molar-refractivity contribution < 1.29 is 28.2 Å². The Morgan fingerprint density at radius 1 is 1.12 bits per heavy atom. The minimum atomic E-state index is -0.969. The number of anilines is 1. The lowest BCUT2D eigenvalue weighted by atomic mass is 9.90. The van der Waals surface area contributed by atoms with Gasteiger partial charge in [0.2, 0.25) is 5.88 Å². The van der Waals surface area contributed by atoms with E-state index in [0.717, 1.165) is 55.2 Å². The number of nitriles is 1. The number of carboxylic acids is 1. The second kappa shape index (κ2) is 10.6. The Morgan fingerprint density at radius 2 is 1.93 bits per heavy atom. The number of carbonyl (C=O) groups is 1. The van der Waals surface area contributed by atoms with Crippen LogP contribution in [0.25, 0.3) is 11.0 Å². The van der Waals surface area contributed by atoms with Gasteiger partial charge in [-0.2, -0.15) is 10.2 Å². The number of carboxylic acid groups (broad SMARTS) is 1. The summed E-state index contributed by atoms with van der Waals surface area (Å²) in [7, 11) is 0. The van der Waals surface area contributed by atoms with Crippen molar-refractivity contribution in [3.8, 4) is 11.9 Å². The van der Waals surface area contributed by atoms with Gasteiger partial charge in [0.1, 0.15) is 18.2 Å². The van der Waals surface area contributed by atoms with Crippen molar-refractivity contribution in [2.75, 3.05) is 24.6 Å². The number of halogens is 2. The molecular formula is C32H29F2N5O4. The van der Waals surface area contributed by atoms with Gasteiger partial charge in [0.05, 0.1) is 40.9 Å². The summed E-state index contributed by atoms with van der Waals surface area (Å²) in [5.74, 6) is -0.364. The second-order valence-corrected chi connectivity index (χ2v) is 11.6. The fraction of sp³-hybridized carbons (Fsp3) is 0.375. The van der Waals surface area contributed by atoms with E-state index in [9.17, 15) is 18.7 Å². The first-order valence-corrected chi connectivity index (χ1v) is 14.4. The van der Waals surface area contributed by atoms with Crippen LogP contribution in [0.3, 0.4) is 0 Å². The van der Waals surface area contributed by atoms with E-state index in [1.807, 2.05) is 11.0 Å². The van der Waals surface area contributed by atoms with E-state index in [4.69, 9.17) is 19.7 Å². The van der Waals surface area contributed by atoms with E-state index < -0.39 is 17.6 Å². The Hall–Kier alpha value is -4.56. The highest BCUT2D eigenvalue weighted by molar-refractivity contribution is 5.92. The van der Waals surface area contributed by atoms with E-state index >= 15 is 0 Å². The topological polar surface area (TPSA) is 114 Å². The third-order valence-electron chi connectivity index (χ3n) is 9.12. The maximum Gasteiger partial charge on any atom is 0.335 e. The largest absolute Gasteiger partial charge is 0.478 e. The Balaban J connectivity index is 1.06. The average Bonchev–Trinajstić information content (AvgIpc) is 3.55. The Bertz CT molecular complexity index is 1770. The zero-order chi connectivity index (χ0) is 29.7. The van der Waals surface area contributed by atoms with Crippen LogP contribution in [-0.4, -0.2) is 51.4 Å². The molecule has 2 aliphatic heterocycles. The van der Waals surface area contributed by atoms with Crippen LogP contribution < -0.4 is 9.64 Å². The quantitative estimate of drug-likeness (QED) is 0.292. The normalized spacial score (nSPS) is 20.5. The highest BCUT2D eigenvalue weighted by Gasteiger charge is 2.57. The lowest BCUT2D eigenvalue weighted by Gasteiger charge is -2.34. The van der Waals surface area contributed by atoms with Gasteiger partial charge in [0.15, 0.2) is 11.6 Å². The number of benzene rings is 2. The first-order valence-electron chi connectivity index (χ1n) is 14.4. The van der Waals surface area contributed by atoms with Gasteiger partial charge in [-0.3, -0.25) is 0 Å². The zero-order valence-corrected chi connectivity index (χ0v) is 23.3. The van der Waals surface area contributed by atoms with Gasteiger partial charge in [-0.05, 0) is 67.5 Å². The molecule has 2 saturated heterocycles. The van der Waals surface area contributed by atoms with E-state index in [1.165, 1.54) is 24.3 Å². The number of piperidine rings is 1. The zero-order valence-electron chi connectivity index (χ0n) is 23.3. The predicted molar refractivity (Wildman–Crippen MR) is 152 cm³/mol. The van der Waals surface area contributed by atoms with Gasteiger partial charge in [0, 0.05) is 37.2 Å². The molecule has 0 bridgehead atoms. The molecule has 2 atom stereocenters. The molecular weight excluding hydrogens is 556 g/mol. The summed E-state index contributed by atoms with van der Waals surface area (Å²) in [6, 6.07) is 13.9. The fourth-order valence-corrected chi connectivity index (χ4v) is 6.40. The van der Waals surface area contributed by atoms with Crippen LogP contribution in [0.2, 0.25) is 0 Å². The molecule has 0 amide bonds. The molecule has 4 aromatic rings. The monoisotopic (exact) mass is 585 g/mol. The molecule has 220 valence electrons. The minimum absolute atomic E-state index is 0.0451. The van der Waals surface area contributed by atoms with Crippen molar-refractivity contribution in [1.29, 1.82) is 5.26 Å². The van der Waals surface area contributed by atoms with Crippen molar-refractivity contribution in [2.45, 2.75) is 50.9 Å². The molecule has 7 rings (SSSR count). The van der Waals surface area contributed by atoms with Crippen LogP contribution in [0.15, 0.2) is 48.5 Å². The smallest absolute Gasteiger partial charge is 0.335 e. The van der Waals surface area contributed by atoms with Gasteiger partial charge in [-0.25, -0.2) is 18.6 Å². The molecule has 3 aliphatic rings. The van der Waals surface area contributed by atoms with Crippen LogP contribution in [0, 0.1) is 28.4 Å². The number of ether oxygens (including phenoxy) is 2. The molecule has 3 fully saturated rings. The van der Waals surface area contributed by atoms with Crippen molar-refractivity contribution in [2.24, 2.45) is 5.41 Å². The molecule has 1 spiro atoms. The summed E-state index contributed by atoms with van der Waals surface area (Å²) >= 11 is 0. The van der Waals surface area contributed by atoms with Crippen LogP contribution >= 0.6 is 0 Å². The van der Waals surface area contributed by atoms with Crippen LogP contribution in [0.4, 0.5) is 14.6 Å². The minimum Gasteiger partial charge on any atom is -0.478 e. The van der Waals surface area contributed by atoms with E-state index in [1.54, 1.807) is 18.2 Å². The molecule has 2 aromatic heterocycles. The predicted octanol–water partition coefficient (Wildman–Crippen LogP) is 5.42. The number of hydrogen-bond acceptors (Lipinski definition) is 7. The SMILES string of the molecule is N#Cc1ccc(COc2ccc(F)c(N3CCC4(CC3)C[C@@H]4c3nc4ccc(C(=O)O)cc4n3C[C@@H]3CCO3)n2)c(F)c1. The first-order chi connectivity index (χ1) is 20.8. The standard InChI is InChI=1S/C32H29F2N5O4/c33-24-4-6-28(43-18-21-2-1-19(16-35)13-25(21)34)37-30(24)38-10-8-32(9-11-38)15-23(32)29-36-26-5-3-20(31(40)41)14-27(26)39(29)17-22-7-12-42-22/h1-6,13-14,22-23H,7-12,15,17-18H2,(H,40,41)/t22-,23+/m0/s1. The van der Waals surface area contributed by atoms with E-state index in [-0.39, 0.29) is 52.4 Å². The number of rotatable bonds is 8. The summed E-state index contributed by atoms with van der Waals surface area (Å²) in [5.41, 5.74) is 2.37. The second-order valence-electron chi connectivity index (χ2n) is 11.6.